The molecule has 0 saturated carbocycles. The Hall–Kier alpha value is -2.87. The molecule has 1 aromatic heterocycles. The Morgan fingerprint density at radius 2 is 2.07 bits per heavy atom. The van der Waals surface area contributed by atoms with Crippen LogP contribution in [0, 0.1) is 0 Å². The third-order valence-electron chi connectivity index (χ3n) is 4.78. The van der Waals surface area contributed by atoms with Crippen LogP contribution in [0.3, 0.4) is 0 Å². The van der Waals surface area contributed by atoms with Gasteiger partial charge < -0.3 is 10.1 Å². The molecule has 7 nitrogen and oxygen atoms in total. The van der Waals surface area contributed by atoms with Crippen LogP contribution < -0.4 is 10.1 Å². The summed E-state index contributed by atoms with van der Waals surface area (Å²) in [5.41, 5.74) is 4.41. The van der Waals surface area contributed by atoms with Crippen LogP contribution >= 0.6 is 11.8 Å². The number of carbonyl (C=O) groups excluding carboxylic acids is 1. The van der Waals surface area contributed by atoms with Gasteiger partial charge in [-0.25, -0.2) is 0 Å². The van der Waals surface area contributed by atoms with Gasteiger partial charge >= 0.3 is 0 Å². The highest BCUT2D eigenvalue weighted by atomic mass is 32.2. The molecule has 0 fully saturated rings. The molecule has 150 valence electrons. The summed E-state index contributed by atoms with van der Waals surface area (Å²) in [6, 6.07) is 13.8. The normalized spacial score (nSPS) is 12.6. The van der Waals surface area contributed by atoms with Gasteiger partial charge in [-0.3, -0.25) is 4.79 Å². The molecule has 0 aliphatic heterocycles. The first-order valence-electron chi connectivity index (χ1n) is 9.79. The highest BCUT2D eigenvalue weighted by Crippen LogP contribution is 2.27. The van der Waals surface area contributed by atoms with Gasteiger partial charge in [-0.2, -0.15) is 4.68 Å². The Labute approximate surface area is 173 Å². The molecule has 1 N–H and O–H groups in total. The van der Waals surface area contributed by atoms with Gasteiger partial charge in [-0.1, -0.05) is 30.0 Å². The lowest BCUT2D eigenvalue weighted by molar-refractivity contribution is -0.115. The Balaban J connectivity index is 1.35. The van der Waals surface area contributed by atoms with E-state index in [0.717, 1.165) is 30.0 Å². The Kier molecular flexibility index (Phi) is 6.09. The summed E-state index contributed by atoms with van der Waals surface area (Å²) in [5.74, 6) is 1.29. The number of rotatable bonds is 8. The van der Waals surface area contributed by atoms with E-state index in [1.807, 2.05) is 37.3 Å². The predicted molar refractivity (Wildman–Crippen MR) is 113 cm³/mol. The van der Waals surface area contributed by atoms with Crippen LogP contribution in [0.5, 0.6) is 5.75 Å². The number of nitrogens with zero attached hydrogens (tertiary/aromatic N) is 4. The number of aromatic nitrogens is 4. The van der Waals surface area contributed by atoms with Crippen LogP contribution in [0.1, 0.15) is 30.9 Å². The van der Waals surface area contributed by atoms with Crippen LogP contribution in [0.2, 0.25) is 0 Å². The monoisotopic (exact) mass is 409 g/mol. The molecular formula is C21H23N5O2S. The minimum Gasteiger partial charge on any atom is -0.492 e. The Morgan fingerprint density at radius 1 is 1.21 bits per heavy atom. The van der Waals surface area contributed by atoms with Crippen LogP contribution in [-0.2, 0) is 17.6 Å². The number of tetrazole rings is 1. The molecule has 1 aliphatic rings. The highest BCUT2D eigenvalue weighted by molar-refractivity contribution is 7.99. The summed E-state index contributed by atoms with van der Waals surface area (Å²) in [4.78, 5) is 12.3. The van der Waals surface area contributed by atoms with E-state index in [4.69, 9.17) is 4.74 Å². The quantitative estimate of drug-likeness (QED) is 0.572. The van der Waals surface area contributed by atoms with E-state index in [-0.39, 0.29) is 5.91 Å². The largest absolute Gasteiger partial charge is 0.492 e. The van der Waals surface area contributed by atoms with E-state index in [0.29, 0.717) is 23.9 Å². The summed E-state index contributed by atoms with van der Waals surface area (Å²) in [6.07, 6.45) is 3.81. The number of fused-ring (bicyclic) bond motifs is 1. The maximum Gasteiger partial charge on any atom is 0.225 e. The lowest BCUT2D eigenvalue weighted by atomic mass is 10.1. The average molecular weight is 410 g/mol. The molecule has 0 spiro atoms. The zero-order valence-corrected chi connectivity index (χ0v) is 17.1. The van der Waals surface area contributed by atoms with E-state index in [2.05, 4.69) is 33.0 Å². The van der Waals surface area contributed by atoms with Crippen molar-refractivity contribution in [2.75, 3.05) is 17.7 Å². The topological polar surface area (TPSA) is 81.9 Å². The molecule has 4 rings (SSSR count). The Morgan fingerprint density at radius 3 is 2.97 bits per heavy atom. The van der Waals surface area contributed by atoms with E-state index in [9.17, 15) is 4.79 Å². The number of thioether (sulfide) groups is 1. The number of aryl methyl sites for hydroxylation is 2. The summed E-state index contributed by atoms with van der Waals surface area (Å²) >= 11 is 1.44. The van der Waals surface area contributed by atoms with Crippen LogP contribution in [0.15, 0.2) is 47.6 Å². The fourth-order valence-corrected chi connectivity index (χ4v) is 4.26. The second-order valence-electron chi connectivity index (χ2n) is 6.76. The SMILES string of the molecule is CCOc1ccccc1-n1nnnc1SCCC(=O)Nc1ccc2c(c1)CCC2. The first kappa shape index (κ1) is 19.4. The fourth-order valence-electron chi connectivity index (χ4n) is 3.44. The van der Waals surface area contributed by atoms with Gasteiger partial charge in [-0.15, -0.1) is 5.10 Å². The molecule has 0 unspecified atom stereocenters. The summed E-state index contributed by atoms with van der Waals surface area (Å²) in [5, 5.41) is 15.6. The smallest absolute Gasteiger partial charge is 0.225 e. The van der Waals surface area contributed by atoms with Crippen molar-refractivity contribution < 1.29 is 9.53 Å². The summed E-state index contributed by atoms with van der Waals surface area (Å²) < 4.78 is 7.31. The molecular weight excluding hydrogens is 386 g/mol. The third kappa shape index (κ3) is 4.59. The number of ether oxygens (including phenoxy) is 1. The first-order chi connectivity index (χ1) is 14.2. The van der Waals surface area contributed by atoms with Crippen molar-refractivity contribution in [3.05, 3.63) is 53.6 Å². The Bertz CT molecular complexity index is 1000. The van der Waals surface area contributed by atoms with Gasteiger partial charge in [0.1, 0.15) is 11.4 Å². The molecule has 0 radical (unpaired) electrons. The van der Waals surface area contributed by atoms with Crippen molar-refractivity contribution in [1.82, 2.24) is 20.2 Å². The number of hydrogen-bond donors (Lipinski definition) is 1. The van der Waals surface area contributed by atoms with Gasteiger partial charge in [0.05, 0.1) is 6.61 Å². The lowest BCUT2D eigenvalue weighted by Gasteiger charge is -2.10. The zero-order valence-electron chi connectivity index (χ0n) is 16.3. The molecule has 0 atom stereocenters. The summed E-state index contributed by atoms with van der Waals surface area (Å²) in [7, 11) is 0. The molecule has 1 heterocycles. The van der Waals surface area contributed by atoms with E-state index < -0.39 is 0 Å². The molecule has 3 aromatic rings. The maximum absolute atomic E-state index is 12.3. The number of carbonyl (C=O) groups is 1. The molecule has 1 aliphatic carbocycles. The molecule has 29 heavy (non-hydrogen) atoms. The number of para-hydroxylation sites is 2. The van der Waals surface area contributed by atoms with Crippen LogP contribution in [0.25, 0.3) is 5.69 Å². The second-order valence-corrected chi connectivity index (χ2v) is 7.82. The zero-order chi connectivity index (χ0) is 20.1. The maximum atomic E-state index is 12.3. The van der Waals surface area contributed by atoms with Gasteiger partial charge in [-0.05, 0) is 72.0 Å². The van der Waals surface area contributed by atoms with Gasteiger partial charge in [0, 0.05) is 17.9 Å². The second kappa shape index (κ2) is 9.09. The minimum atomic E-state index is -0.0100. The van der Waals surface area contributed by atoms with Crippen molar-refractivity contribution in [3.63, 3.8) is 0 Å². The predicted octanol–water partition coefficient (Wildman–Crippen LogP) is 3.67. The van der Waals surface area contributed by atoms with Crippen LogP contribution in [-0.4, -0.2) is 38.5 Å². The van der Waals surface area contributed by atoms with Gasteiger partial charge in [0.2, 0.25) is 11.1 Å². The summed E-state index contributed by atoms with van der Waals surface area (Å²) in [6.45, 7) is 2.50. The molecule has 1 amide bonds. The van der Waals surface area contributed by atoms with Crippen LogP contribution in [0.4, 0.5) is 5.69 Å². The fraction of sp³-hybridized carbons (Fsp3) is 0.333. The van der Waals surface area contributed by atoms with Crippen molar-refractivity contribution >= 4 is 23.4 Å². The lowest BCUT2D eigenvalue weighted by Crippen LogP contribution is -2.12. The van der Waals surface area contributed by atoms with Crippen molar-refractivity contribution in [3.8, 4) is 11.4 Å². The van der Waals surface area contributed by atoms with Gasteiger partial charge in [0.15, 0.2) is 0 Å². The number of nitrogens with one attached hydrogen (secondary N) is 1. The minimum absolute atomic E-state index is 0.0100. The molecule has 0 saturated heterocycles. The van der Waals surface area contributed by atoms with Gasteiger partial charge in [0.25, 0.3) is 0 Å². The van der Waals surface area contributed by atoms with Crippen molar-refractivity contribution in [2.24, 2.45) is 0 Å². The van der Waals surface area contributed by atoms with E-state index in [1.54, 1.807) is 4.68 Å². The van der Waals surface area contributed by atoms with Crippen molar-refractivity contribution in [2.45, 2.75) is 37.8 Å². The number of hydrogen-bond acceptors (Lipinski definition) is 6. The van der Waals surface area contributed by atoms with E-state index >= 15 is 0 Å². The van der Waals surface area contributed by atoms with Crippen molar-refractivity contribution in [1.29, 1.82) is 0 Å². The van der Waals surface area contributed by atoms with E-state index in [1.165, 1.54) is 29.3 Å². The number of amides is 1. The standard InChI is InChI=1S/C21H23N5O2S/c1-2-28-19-9-4-3-8-18(19)26-21(23-24-25-26)29-13-12-20(27)22-17-11-10-15-6-5-7-16(15)14-17/h3-4,8-11,14H,2,5-7,12-13H2,1H3,(H,22,27). The average Bonchev–Trinajstić information content (AvgIpc) is 3.37. The first-order valence-corrected chi connectivity index (χ1v) is 10.8. The molecule has 8 heteroatoms. The highest BCUT2D eigenvalue weighted by Gasteiger charge is 2.15. The number of benzene rings is 2. The molecule has 0 bridgehead atoms. The number of anilines is 1. The third-order valence-corrected chi connectivity index (χ3v) is 5.70. The molecule has 2 aromatic carbocycles.